The second kappa shape index (κ2) is 7.34. The van der Waals surface area contributed by atoms with Crippen molar-refractivity contribution in [1.29, 1.82) is 0 Å². The van der Waals surface area contributed by atoms with Gasteiger partial charge < -0.3 is 4.90 Å². The van der Waals surface area contributed by atoms with Crippen LogP contribution in [0.15, 0.2) is 46.7 Å². The van der Waals surface area contributed by atoms with Crippen LogP contribution >= 0.6 is 22.9 Å². The van der Waals surface area contributed by atoms with Crippen molar-refractivity contribution in [1.82, 2.24) is 0 Å². The quantitative estimate of drug-likeness (QED) is 0.592. The zero-order valence-corrected chi connectivity index (χ0v) is 17.4. The van der Waals surface area contributed by atoms with Gasteiger partial charge in [-0.15, -0.1) is 11.3 Å². The molecule has 0 atom stereocenters. The van der Waals surface area contributed by atoms with E-state index in [9.17, 15) is 8.42 Å². The van der Waals surface area contributed by atoms with E-state index in [-0.39, 0.29) is 0 Å². The van der Waals surface area contributed by atoms with Gasteiger partial charge in [-0.1, -0.05) is 11.6 Å². The van der Waals surface area contributed by atoms with E-state index in [1.165, 1.54) is 30.6 Å². The normalized spacial score (nSPS) is 15.3. The molecule has 142 valence electrons. The molecule has 1 aromatic heterocycles. The summed E-state index contributed by atoms with van der Waals surface area (Å²) in [5.74, 6) is 0. The molecule has 27 heavy (non-hydrogen) atoms. The number of nitrogens with one attached hydrogen (secondary N) is 1. The van der Waals surface area contributed by atoms with Gasteiger partial charge in [-0.2, -0.15) is 0 Å². The van der Waals surface area contributed by atoms with E-state index in [0.717, 1.165) is 34.4 Å². The number of thiophene rings is 1. The summed E-state index contributed by atoms with van der Waals surface area (Å²) in [5, 5.41) is 1.49. The number of benzene rings is 2. The molecule has 4 rings (SSSR count). The van der Waals surface area contributed by atoms with Gasteiger partial charge in [0.1, 0.15) is 4.21 Å². The van der Waals surface area contributed by atoms with Crippen molar-refractivity contribution in [2.24, 2.45) is 0 Å². The van der Waals surface area contributed by atoms with Crippen molar-refractivity contribution >= 4 is 54.4 Å². The number of nitrogens with zero attached hydrogens (tertiary/aromatic N) is 1. The summed E-state index contributed by atoms with van der Waals surface area (Å²) in [5.41, 5.74) is 2.45. The van der Waals surface area contributed by atoms with Gasteiger partial charge in [0.2, 0.25) is 0 Å². The minimum Gasteiger partial charge on any atom is -0.372 e. The minimum atomic E-state index is -3.64. The zero-order chi connectivity index (χ0) is 19.0. The lowest BCUT2D eigenvalue weighted by Crippen LogP contribution is -2.29. The highest BCUT2D eigenvalue weighted by Crippen LogP contribution is 2.36. The Morgan fingerprint density at radius 3 is 2.44 bits per heavy atom. The predicted octanol–water partition coefficient (Wildman–Crippen LogP) is 5.65. The second-order valence-electron chi connectivity index (χ2n) is 6.86. The Kier molecular flexibility index (Phi) is 5.05. The Labute approximate surface area is 168 Å². The molecule has 1 aliphatic rings. The summed E-state index contributed by atoms with van der Waals surface area (Å²) in [4.78, 5) is 2.35. The molecule has 1 aliphatic heterocycles. The molecule has 4 nitrogen and oxygen atoms in total. The average Bonchev–Trinajstić information content (AvgIpc) is 3.00. The van der Waals surface area contributed by atoms with E-state index in [0.29, 0.717) is 14.9 Å². The highest BCUT2D eigenvalue weighted by atomic mass is 35.5. The van der Waals surface area contributed by atoms with Crippen LogP contribution < -0.4 is 9.62 Å². The van der Waals surface area contributed by atoms with Crippen molar-refractivity contribution < 1.29 is 8.42 Å². The monoisotopic (exact) mass is 420 g/mol. The lowest BCUT2D eigenvalue weighted by atomic mass is 10.1. The van der Waals surface area contributed by atoms with Crippen LogP contribution in [0.3, 0.4) is 0 Å². The Morgan fingerprint density at radius 1 is 1.04 bits per heavy atom. The van der Waals surface area contributed by atoms with Crippen LogP contribution in [-0.4, -0.2) is 21.5 Å². The molecule has 0 amide bonds. The van der Waals surface area contributed by atoms with Gasteiger partial charge in [-0.25, -0.2) is 8.42 Å². The van der Waals surface area contributed by atoms with Gasteiger partial charge in [0.05, 0.1) is 0 Å². The van der Waals surface area contributed by atoms with Crippen LogP contribution in [0.25, 0.3) is 10.1 Å². The maximum atomic E-state index is 12.9. The first-order valence-corrected chi connectivity index (χ1v) is 11.7. The first-order chi connectivity index (χ1) is 12.9. The molecular formula is C20H21ClN2O2S2. The van der Waals surface area contributed by atoms with E-state index >= 15 is 0 Å². The van der Waals surface area contributed by atoms with Crippen molar-refractivity contribution in [3.8, 4) is 0 Å². The molecule has 0 radical (unpaired) electrons. The van der Waals surface area contributed by atoms with Crippen molar-refractivity contribution in [2.75, 3.05) is 22.7 Å². The summed E-state index contributed by atoms with van der Waals surface area (Å²) >= 11 is 7.33. The third-order valence-electron chi connectivity index (χ3n) is 4.94. The van der Waals surface area contributed by atoms with E-state index in [1.54, 1.807) is 6.07 Å². The summed E-state index contributed by atoms with van der Waals surface area (Å²) in [7, 11) is -3.64. The molecule has 2 heterocycles. The first kappa shape index (κ1) is 18.6. The molecule has 0 bridgehead atoms. The van der Waals surface area contributed by atoms with Crippen LogP contribution in [-0.2, 0) is 10.0 Å². The van der Waals surface area contributed by atoms with Gasteiger partial charge in [0.25, 0.3) is 10.0 Å². The van der Waals surface area contributed by atoms with E-state index in [4.69, 9.17) is 11.6 Å². The summed E-state index contributed by atoms with van der Waals surface area (Å²) < 4.78 is 29.8. The summed E-state index contributed by atoms with van der Waals surface area (Å²) in [6, 6.07) is 13.1. The topological polar surface area (TPSA) is 49.4 Å². The lowest BCUT2D eigenvalue weighted by Gasteiger charge is -2.28. The first-order valence-electron chi connectivity index (χ1n) is 9.00. The second-order valence-corrected chi connectivity index (χ2v) is 10.2. The number of sulfonamides is 1. The van der Waals surface area contributed by atoms with E-state index in [1.807, 2.05) is 43.3 Å². The SMILES string of the molecule is Cc1c(S(=O)(=O)Nc2ccc(N3CCCCC3)cc2)sc2ccc(Cl)cc12. The third-order valence-corrected chi connectivity index (χ3v) is 8.45. The summed E-state index contributed by atoms with van der Waals surface area (Å²) in [6.45, 7) is 3.95. The van der Waals surface area contributed by atoms with Gasteiger partial charge in [-0.3, -0.25) is 4.72 Å². The molecule has 1 fully saturated rings. The van der Waals surface area contributed by atoms with Crippen molar-refractivity contribution in [3.05, 3.63) is 53.1 Å². The molecule has 1 N–H and O–H groups in total. The third kappa shape index (κ3) is 3.79. The average molecular weight is 421 g/mol. The molecule has 1 saturated heterocycles. The molecular weight excluding hydrogens is 400 g/mol. The lowest BCUT2D eigenvalue weighted by molar-refractivity contribution is 0.578. The van der Waals surface area contributed by atoms with Crippen LogP contribution in [0.5, 0.6) is 0 Å². The highest BCUT2D eigenvalue weighted by molar-refractivity contribution is 7.94. The Hall–Kier alpha value is -1.76. The Morgan fingerprint density at radius 2 is 1.74 bits per heavy atom. The smallest absolute Gasteiger partial charge is 0.271 e. The fourth-order valence-corrected chi connectivity index (χ4v) is 6.50. The number of rotatable bonds is 4. The molecule has 0 aliphatic carbocycles. The molecule has 0 unspecified atom stereocenters. The van der Waals surface area contributed by atoms with Crippen LogP contribution in [0.2, 0.25) is 5.02 Å². The van der Waals surface area contributed by atoms with Gasteiger partial charge in [0, 0.05) is 34.2 Å². The molecule has 3 aromatic rings. The largest absolute Gasteiger partial charge is 0.372 e. The number of fused-ring (bicyclic) bond motifs is 1. The number of piperidine rings is 1. The van der Waals surface area contributed by atoms with E-state index in [2.05, 4.69) is 9.62 Å². The van der Waals surface area contributed by atoms with Gasteiger partial charge in [0.15, 0.2) is 0 Å². The molecule has 0 spiro atoms. The molecule has 0 saturated carbocycles. The molecule has 7 heteroatoms. The fourth-order valence-electron chi connectivity index (χ4n) is 3.52. The van der Waals surface area contributed by atoms with E-state index < -0.39 is 10.0 Å². The number of aryl methyl sites for hydroxylation is 1. The van der Waals surface area contributed by atoms with Gasteiger partial charge in [-0.05, 0) is 79.6 Å². The van der Waals surface area contributed by atoms with Crippen LogP contribution in [0.1, 0.15) is 24.8 Å². The molecule has 2 aromatic carbocycles. The van der Waals surface area contributed by atoms with Crippen LogP contribution in [0, 0.1) is 6.92 Å². The zero-order valence-electron chi connectivity index (χ0n) is 15.0. The number of anilines is 2. The minimum absolute atomic E-state index is 0.333. The van der Waals surface area contributed by atoms with Crippen molar-refractivity contribution in [3.63, 3.8) is 0 Å². The van der Waals surface area contributed by atoms with Crippen LogP contribution in [0.4, 0.5) is 11.4 Å². The Bertz CT molecular complexity index is 1070. The maximum Gasteiger partial charge on any atom is 0.271 e. The van der Waals surface area contributed by atoms with Gasteiger partial charge >= 0.3 is 0 Å². The standard InChI is InChI=1S/C20H21ClN2O2S2/c1-14-18-13-15(21)5-10-19(18)26-20(14)27(24,25)22-16-6-8-17(9-7-16)23-11-3-2-4-12-23/h5-10,13,22H,2-4,11-12H2,1H3. The fraction of sp³-hybridized carbons (Fsp3) is 0.300. The Balaban J connectivity index is 1.59. The highest BCUT2D eigenvalue weighted by Gasteiger charge is 2.22. The van der Waals surface area contributed by atoms with Crippen molar-refractivity contribution in [2.45, 2.75) is 30.4 Å². The number of hydrogen-bond donors (Lipinski definition) is 1. The predicted molar refractivity (Wildman–Crippen MR) is 115 cm³/mol. The number of hydrogen-bond acceptors (Lipinski definition) is 4. The summed E-state index contributed by atoms with van der Waals surface area (Å²) in [6.07, 6.45) is 3.71. The number of halogens is 1. The maximum absolute atomic E-state index is 12.9.